The zero-order chi connectivity index (χ0) is 29.3. The number of carbonyl (C=O) groups is 1. The highest BCUT2D eigenvalue weighted by Crippen LogP contribution is 2.51. The number of benzene rings is 1. The van der Waals surface area contributed by atoms with E-state index in [-0.39, 0.29) is 28.1 Å². The summed E-state index contributed by atoms with van der Waals surface area (Å²) in [6.07, 6.45) is -17.6. The number of carbonyl (C=O) groups excluding carboxylic acids is 1. The molecule has 39 heavy (non-hydrogen) atoms. The van der Waals surface area contributed by atoms with E-state index >= 15 is 0 Å². The van der Waals surface area contributed by atoms with Crippen molar-refractivity contribution < 1.29 is 57.6 Å². The van der Waals surface area contributed by atoms with Crippen LogP contribution in [0.3, 0.4) is 0 Å². The second kappa shape index (κ2) is 8.82. The van der Waals surface area contributed by atoms with E-state index in [4.69, 9.17) is 16.1 Å². The summed E-state index contributed by atoms with van der Waals surface area (Å²) in [7, 11) is 0.675. The lowest BCUT2D eigenvalue weighted by Gasteiger charge is -2.21. The van der Waals surface area contributed by atoms with E-state index in [0.29, 0.717) is 7.05 Å². The molecule has 1 aliphatic rings. The van der Waals surface area contributed by atoms with E-state index in [1.54, 1.807) is 0 Å². The van der Waals surface area contributed by atoms with Gasteiger partial charge in [0.05, 0.1) is 10.6 Å². The molecule has 1 amide bonds. The summed E-state index contributed by atoms with van der Waals surface area (Å²) in [5.74, 6) is -7.62. The highest BCUT2D eigenvalue weighted by molar-refractivity contribution is 6.34. The minimum absolute atomic E-state index is 0.117. The molecular weight excluding hydrogens is 585 g/mol. The van der Waals surface area contributed by atoms with Crippen LogP contribution in [0.4, 0.5) is 48.3 Å². The van der Waals surface area contributed by atoms with E-state index < -0.39 is 69.9 Å². The molecule has 1 N–H and O–H groups in total. The molecule has 0 bridgehead atoms. The molecule has 4 rings (SSSR count). The minimum Gasteiger partial charge on any atom is -0.356 e. The Bertz CT molecular complexity index is 1430. The van der Waals surface area contributed by atoms with Gasteiger partial charge >= 0.3 is 24.5 Å². The monoisotopic (exact) mass is 596 g/mol. The van der Waals surface area contributed by atoms with Crippen LogP contribution in [0, 0.1) is 0 Å². The summed E-state index contributed by atoms with van der Waals surface area (Å²) in [6.45, 7) is 0. The molecule has 18 heteroatoms. The Kier molecular flexibility index (Phi) is 6.48. The van der Waals surface area contributed by atoms with Crippen LogP contribution in [-0.2, 0) is 19.1 Å². The van der Waals surface area contributed by atoms with Crippen LogP contribution >= 0.6 is 11.6 Å². The summed E-state index contributed by atoms with van der Waals surface area (Å²) >= 11 is 5.93. The number of hydrogen-bond donors (Lipinski definition) is 1. The van der Waals surface area contributed by atoms with E-state index in [1.165, 1.54) is 0 Å². The van der Waals surface area contributed by atoms with E-state index in [2.05, 4.69) is 10.3 Å². The lowest BCUT2D eigenvalue weighted by atomic mass is 10.0. The van der Waals surface area contributed by atoms with Gasteiger partial charge in [-0.15, -0.1) is 0 Å². The van der Waals surface area contributed by atoms with Gasteiger partial charge in [-0.05, 0) is 31.0 Å². The first-order chi connectivity index (χ1) is 17.7. The Morgan fingerprint density at radius 1 is 1.03 bits per heavy atom. The van der Waals surface area contributed by atoms with Crippen LogP contribution in [0.1, 0.15) is 34.5 Å². The Morgan fingerprint density at radius 3 is 2.15 bits per heavy atom. The average molecular weight is 597 g/mol. The number of alkyl halides is 11. The summed E-state index contributed by atoms with van der Waals surface area (Å²) in [6, 6.07) is 3.88. The molecule has 0 spiro atoms. The van der Waals surface area contributed by atoms with Crippen LogP contribution < -0.4 is 5.32 Å². The van der Waals surface area contributed by atoms with Crippen molar-refractivity contribution in [3.05, 3.63) is 46.1 Å². The summed E-state index contributed by atoms with van der Waals surface area (Å²) < 4.78 is 152. The SMILES string of the molecule is Cn1nc(C(F)(F)C(F)(F)F)c(C(F)(F)F)c1-c1cc(-c2ccc(Cl)c(C(=O)NC3(C(F)(F)F)CC3)c2)on1. The lowest BCUT2D eigenvalue weighted by molar-refractivity contribution is -0.292. The standard InChI is InChI=1S/C21H12ClF11N4O2/c1-37-14(13(19(25,26)27)15(35-37)18(23,24)21(31,32)33)11-7-12(39-36-11)8-2-3-10(22)9(6-8)16(38)34-17(4-5-17)20(28,29)30/h2-3,6-7H,4-5H2,1H3,(H,34,38). The van der Waals surface area contributed by atoms with Crippen molar-refractivity contribution in [2.24, 2.45) is 7.05 Å². The maximum atomic E-state index is 13.9. The second-order valence-corrected chi connectivity index (χ2v) is 8.98. The molecule has 0 aliphatic heterocycles. The molecule has 1 fully saturated rings. The first-order valence-electron chi connectivity index (χ1n) is 10.4. The number of aryl methyl sites for hydroxylation is 1. The Morgan fingerprint density at radius 2 is 1.64 bits per heavy atom. The third kappa shape index (κ3) is 4.91. The van der Waals surface area contributed by atoms with E-state index in [0.717, 1.165) is 24.3 Å². The van der Waals surface area contributed by atoms with Crippen molar-refractivity contribution in [3.8, 4) is 22.7 Å². The zero-order valence-corrected chi connectivity index (χ0v) is 19.7. The number of amides is 1. The number of rotatable bonds is 5. The van der Waals surface area contributed by atoms with Gasteiger partial charge < -0.3 is 9.84 Å². The van der Waals surface area contributed by atoms with Crippen LogP contribution in [0.2, 0.25) is 5.02 Å². The van der Waals surface area contributed by atoms with Crippen molar-refractivity contribution in [2.75, 3.05) is 0 Å². The molecule has 0 atom stereocenters. The molecule has 1 aromatic carbocycles. The molecule has 0 saturated heterocycles. The van der Waals surface area contributed by atoms with Gasteiger partial charge in [0.15, 0.2) is 11.5 Å². The van der Waals surface area contributed by atoms with Crippen molar-refractivity contribution in [1.82, 2.24) is 20.3 Å². The molecule has 2 heterocycles. The molecule has 212 valence electrons. The fourth-order valence-electron chi connectivity index (χ4n) is 3.70. The summed E-state index contributed by atoms with van der Waals surface area (Å²) in [5.41, 5.74) is -10.2. The Hall–Kier alpha value is -3.37. The zero-order valence-electron chi connectivity index (χ0n) is 18.9. The van der Waals surface area contributed by atoms with Crippen molar-refractivity contribution in [3.63, 3.8) is 0 Å². The van der Waals surface area contributed by atoms with Crippen LogP contribution in [0.25, 0.3) is 22.7 Å². The molecular formula is C21H12ClF11N4O2. The number of aromatic nitrogens is 3. The van der Waals surface area contributed by atoms with Gasteiger partial charge in [0.2, 0.25) is 0 Å². The van der Waals surface area contributed by atoms with Crippen LogP contribution in [0.5, 0.6) is 0 Å². The average Bonchev–Trinajstić information content (AvgIpc) is 3.26. The highest BCUT2D eigenvalue weighted by atomic mass is 35.5. The Balaban J connectivity index is 1.75. The van der Waals surface area contributed by atoms with Crippen LogP contribution in [-0.4, -0.2) is 38.7 Å². The quantitative estimate of drug-likeness (QED) is 0.326. The van der Waals surface area contributed by atoms with Crippen molar-refractivity contribution in [2.45, 2.75) is 42.8 Å². The third-order valence-corrected chi connectivity index (χ3v) is 6.21. The predicted octanol–water partition coefficient (Wildman–Crippen LogP) is 6.89. The van der Waals surface area contributed by atoms with E-state index in [1.807, 2.05) is 5.32 Å². The molecule has 0 radical (unpaired) electrons. The molecule has 1 saturated carbocycles. The molecule has 6 nitrogen and oxygen atoms in total. The molecule has 2 aromatic heterocycles. The largest absolute Gasteiger partial charge is 0.459 e. The third-order valence-electron chi connectivity index (χ3n) is 5.88. The number of nitrogens with one attached hydrogen (secondary N) is 1. The lowest BCUT2D eigenvalue weighted by Crippen LogP contribution is -2.47. The first-order valence-corrected chi connectivity index (χ1v) is 10.8. The van der Waals surface area contributed by atoms with Gasteiger partial charge in [0, 0.05) is 18.7 Å². The summed E-state index contributed by atoms with van der Waals surface area (Å²) in [4.78, 5) is 12.5. The fraction of sp³-hybridized carbons (Fsp3) is 0.381. The second-order valence-electron chi connectivity index (χ2n) is 8.57. The van der Waals surface area contributed by atoms with Gasteiger partial charge in [0.25, 0.3) is 5.91 Å². The summed E-state index contributed by atoms with van der Waals surface area (Å²) in [5, 5.41) is 7.62. The minimum atomic E-state index is -6.40. The highest BCUT2D eigenvalue weighted by Gasteiger charge is 2.65. The number of nitrogens with zero attached hydrogens (tertiary/aromatic N) is 3. The predicted molar refractivity (Wildman–Crippen MR) is 110 cm³/mol. The molecule has 1 aliphatic carbocycles. The van der Waals surface area contributed by atoms with Gasteiger partial charge in [-0.2, -0.15) is 53.4 Å². The molecule has 3 aromatic rings. The van der Waals surface area contributed by atoms with Crippen LogP contribution in [0.15, 0.2) is 28.8 Å². The first kappa shape index (κ1) is 28.6. The van der Waals surface area contributed by atoms with Crippen molar-refractivity contribution >= 4 is 17.5 Å². The van der Waals surface area contributed by atoms with Gasteiger partial charge in [-0.1, -0.05) is 16.8 Å². The van der Waals surface area contributed by atoms with Crippen molar-refractivity contribution in [1.29, 1.82) is 0 Å². The van der Waals surface area contributed by atoms with Gasteiger partial charge in [-0.25, -0.2) is 0 Å². The number of halogens is 12. The Labute approximate surface area is 214 Å². The normalized spacial score (nSPS) is 15.9. The molecule has 0 unspecified atom stereocenters. The number of hydrogen-bond acceptors (Lipinski definition) is 4. The smallest absolute Gasteiger partial charge is 0.356 e. The van der Waals surface area contributed by atoms with E-state index in [9.17, 15) is 53.1 Å². The van der Waals surface area contributed by atoms with Gasteiger partial charge in [-0.3, -0.25) is 9.48 Å². The maximum Gasteiger partial charge on any atom is 0.459 e. The topological polar surface area (TPSA) is 73.0 Å². The fourth-order valence-corrected chi connectivity index (χ4v) is 3.91. The van der Waals surface area contributed by atoms with Gasteiger partial charge in [0.1, 0.15) is 22.5 Å². The maximum absolute atomic E-state index is 13.9.